The Hall–Kier alpha value is -1.56. The topological polar surface area (TPSA) is 0 Å². The molecule has 0 spiro atoms. The molecule has 0 heteroatoms. The minimum Gasteiger partial charge on any atom is -0.0912 e. The molecule has 0 bridgehead atoms. The molecule has 0 atom stereocenters. The monoisotopic (exact) mass is 224 g/mol. The molecular weight excluding hydrogens is 204 g/mol. The lowest BCUT2D eigenvalue weighted by molar-refractivity contribution is 0.991. The van der Waals surface area contributed by atoms with Crippen molar-refractivity contribution >= 4 is 5.57 Å². The molecule has 2 rings (SSSR count). The predicted molar refractivity (Wildman–Crippen MR) is 75.7 cm³/mol. The minimum atomic E-state index is 0.890. The second-order valence-electron chi connectivity index (χ2n) is 4.75. The normalized spacial score (nSPS) is 16.4. The van der Waals surface area contributed by atoms with Crippen LogP contribution < -0.4 is 0 Å². The average Bonchev–Trinajstić information content (AvgIpc) is 3.19. The van der Waals surface area contributed by atoms with Crippen molar-refractivity contribution in [3.8, 4) is 0 Å². The van der Waals surface area contributed by atoms with Crippen LogP contribution in [0, 0.1) is 5.92 Å². The van der Waals surface area contributed by atoms with Gasteiger partial charge in [0, 0.05) is 0 Å². The number of benzene rings is 1. The lowest BCUT2D eigenvalue weighted by Gasteiger charge is -1.99. The second kappa shape index (κ2) is 5.67. The molecule has 1 aliphatic rings. The zero-order chi connectivity index (χ0) is 12.1. The first kappa shape index (κ1) is 11.9. The van der Waals surface area contributed by atoms with E-state index in [2.05, 4.69) is 43.9 Å². The zero-order valence-electron chi connectivity index (χ0n) is 10.5. The van der Waals surface area contributed by atoms with Crippen molar-refractivity contribution < 1.29 is 0 Å². The number of rotatable bonds is 5. The molecule has 17 heavy (non-hydrogen) atoms. The molecule has 0 unspecified atom stereocenters. The van der Waals surface area contributed by atoms with E-state index in [1.165, 1.54) is 18.4 Å². The standard InChI is InChI=1S/C17H20/c1-14(16-10-4-3-5-11-16)8-6-7-9-15(2)17-12-13-17/h3-6,8-11,17H,1,7,12-13H2,2H3/b8-6+,15-9+. The maximum Gasteiger partial charge on any atom is -0.0163 e. The molecule has 0 amide bonds. The fourth-order valence-electron chi connectivity index (χ4n) is 1.92. The van der Waals surface area contributed by atoms with Crippen LogP contribution in [0.15, 0.2) is 60.7 Å². The fraction of sp³-hybridized carbons (Fsp3) is 0.294. The first-order valence-electron chi connectivity index (χ1n) is 6.35. The third kappa shape index (κ3) is 3.74. The van der Waals surface area contributed by atoms with Crippen LogP contribution in [0.1, 0.15) is 31.7 Å². The Kier molecular flexibility index (Phi) is 3.98. The van der Waals surface area contributed by atoms with Crippen molar-refractivity contribution in [2.24, 2.45) is 5.92 Å². The van der Waals surface area contributed by atoms with Gasteiger partial charge in [0.1, 0.15) is 0 Å². The van der Waals surface area contributed by atoms with Crippen molar-refractivity contribution in [3.05, 3.63) is 66.3 Å². The Labute approximate surface area is 104 Å². The lowest BCUT2D eigenvalue weighted by atomic mass is 10.1. The van der Waals surface area contributed by atoms with Crippen molar-refractivity contribution in [2.75, 3.05) is 0 Å². The van der Waals surface area contributed by atoms with E-state index in [0.29, 0.717) is 0 Å². The summed E-state index contributed by atoms with van der Waals surface area (Å²) < 4.78 is 0. The van der Waals surface area contributed by atoms with Gasteiger partial charge in [0.15, 0.2) is 0 Å². The molecule has 0 aliphatic heterocycles. The van der Waals surface area contributed by atoms with E-state index in [-0.39, 0.29) is 0 Å². The van der Waals surface area contributed by atoms with E-state index < -0.39 is 0 Å². The van der Waals surface area contributed by atoms with Gasteiger partial charge in [-0.1, -0.05) is 60.7 Å². The SMILES string of the molecule is C=C(/C=C/C/C=C(\C)C1CC1)c1ccccc1. The Balaban J connectivity index is 1.84. The van der Waals surface area contributed by atoms with Crippen LogP contribution in [0.25, 0.3) is 5.57 Å². The second-order valence-corrected chi connectivity index (χ2v) is 4.75. The highest BCUT2D eigenvalue weighted by molar-refractivity contribution is 5.71. The van der Waals surface area contributed by atoms with Gasteiger partial charge in [0.2, 0.25) is 0 Å². The molecule has 0 saturated heterocycles. The van der Waals surface area contributed by atoms with E-state index >= 15 is 0 Å². The largest absolute Gasteiger partial charge is 0.0912 e. The zero-order valence-corrected chi connectivity index (χ0v) is 10.5. The van der Waals surface area contributed by atoms with Gasteiger partial charge in [-0.3, -0.25) is 0 Å². The summed E-state index contributed by atoms with van der Waals surface area (Å²) in [7, 11) is 0. The number of hydrogen-bond donors (Lipinski definition) is 0. The molecule has 1 aromatic rings. The van der Waals surface area contributed by atoms with Gasteiger partial charge in [0.05, 0.1) is 0 Å². The highest BCUT2D eigenvalue weighted by Crippen LogP contribution is 2.36. The van der Waals surface area contributed by atoms with Gasteiger partial charge in [-0.25, -0.2) is 0 Å². The average molecular weight is 224 g/mol. The summed E-state index contributed by atoms with van der Waals surface area (Å²) in [5.74, 6) is 0.890. The molecule has 0 N–H and O–H groups in total. The highest BCUT2D eigenvalue weighted by Gasteiger charge is 2.22. The van der Waals surface area contributed by atoms with E-state index in [1.54, 1.807) is 5.57 Å². The molecule has 0 nitrogen and oxygen atoms in total. The van der Waals surface area contributed by atoms with Crippen molar-refractivity contribution in [2.45, 2.75) is 26.2 Å². The van der Waals surface area contributed by atoms with Crippen LogP contribution in [0.3, 0.4) is 0 Å². The number of hydrogen-bond acceptors (Lipinski definition) is 0. The van der Waals surface area contributed by atoms with Crippen LogP contribution in [-0.2, 0) is 0 Å². The molecule has 0 radical (unpaired) electrons. The maximum absolute atomic E-state index is 4.08. The van der Waals surface area contributed by atoms with E-state index in [4.69, 9.17) is 0 Å². The summed E-state index contributed by atoms with van der Waals surface area (Å²) in [5.41, 5.74) is 3.84. The highest BCUT2D eigenvalue weighted by atomic mass is 14.3. The van der Waals surface area contributed by atoms with Crippen molar-refractivity contribution in [1.82, 2.24) is 0 Å². The van der Waals surface area contributed by atoms with Crippen LogP contribution in [-0.4, -0.2) is 0 Å². The summed E-state index contributed by atoms with van der Waals surface area (Å²) in [6.07, 6.45) is 10.5. The van der Waals surface area contributed by atoms with Gasteiger partial charge < -0.3 is 0 Å². The molecule has 1 fully saturated rings. The van der Waals surface area contributed by atoms with Gasteiger partial charge >= 0.3 is 0 Å². The summed E-state index contributed by atoms with van der Waals surface area (Å²) in [6, 6.07) is 10.3. The Bertz CT molecular complexity index is 430. The van der Waals surface area contributed by atoms with Gasteiger partial charge in [-0.15, -0.1) is 0 Å². The van der Waals surface area contributed by atoms with Crippen LogP contribution in [0.2, 0.25) is 0 Å². The third-order valence-electron chi connectivity index (χ3n) is 3.26. The van der Waals surface area contributed by atoms with E-state index in [0.717, 1.165) is 17.9 Å². The Morgan fingerprint density at radius 1 is 1.29 bits per heavy atom. The van der Waals surface area contributed by atoms with Crippen LogP contribution in [0.4, 0.5) is 0 Å². The molecular formula is C17H20. The molecule has 1 aromatic carbocycles. The summed E-state index contributed by atoms with van der Waals surface area (Å²) in [4.78, 5) is 0. The molecule has 1 aliphatic carbocycles. The van der Waals surface area contributed by atoms with E-state index in [9.17, 15) is 0 Å². The van der Waals surface area contributed by atoms with Gasteiger partial charge in [0.25, 0.3) is 0 Å². The van der Waals surface area contributed by atoms with Crippen LogP contribution in [0.5, 0.6) is 0 Å². The summed E-state index contributed by atoms with van der Waals surface area (Å²) in [6.45, 7) is 6.33. The molecule has 88 valence electrons. The van der Waals surface area contributed by atoms with Gasteiger partial charge in [-0.2, -0.15) is 0 Å². The first-order valence-corrected chi connectivity index (χ1v) is 6.35. The summed E-state index contributed by atoms with van der Waals surface area (Å²) >= 11 is 0. The molecule has 0 heterocycles. The first-order chi connectivity index (χ1) is 8.27. The smallest absolute Gasteiger partial charge is 0.0163 e. The Morgan fingerprint density at radius 2 is 2.00 bits per heavy atom. The Morgan fingerprint density at radius 3 is 2.65 bits per heavy atom. The summed E-state index contributed by atoms with van der Waals surface area (Å²) in [5, 5.41) is 0. The molecule has 1 saturated carbocycles. The lowest BCUT2D eigenvalue weighted by Crippen LogP contribution is -1.78. The maximum atomic E-state index is 4.08. The van der Waals surface area contributed by atoms with Gasteiger partial charge in [-0.05, 0) is 43.2 Å². The van der Waals surface area contributed by atoms with E-state index in [1.807, 2.05) is 18.2 Å². The molecule has 0 aromatic heterocycles. The predicted octanol–water partition coefficient (Wildman–Crippen LogP) is 5.00. The quantitative estimate of drug-likeness (QED) is 0.487. The van der Waals surface area contributed by atoms with Crippen molar-refractivity contribution in [3.63, 3.8) is 0 Å². The fourth-order valence-corrected chi connectivity index (χ4v) is 1.92. The minimum absolute atomic E-state index is 0.890. The third-order valence-corrected chi connectivity index (χ3v) is 3.26. The van der Waals surface area contributed by atoms with Crippen molar-refractivity contribution in [1.29, 1.82) is 0 Å². The number of allylic oxidation sites excluding steroid dienone is 5. The van der Waals surface area contributed by atoms with Crippen LogP contribution >= 0.6 is 0 Å².